The fraction of sp³-hybridized carbons (Fsp3) is 0.0889. The van der Waals surface area contributed by atoms with Crippen LogP contribution in [-0.4, -0.2) is 3.81 Å². The van der Waals surface area contributed by atoms with Crippen molar-refractivity contribution in [1.82, 2.24) is 0 Å². The van der Waals surface area contributed by atoms with Gasteiger partial charge in [-0.15, -0.1) is 0 Å². The van der Waals surface area contributed by atoms with Gasteiger partial charge in [-0.3, -0.25) is 0 Å². The van der Waals surface area contributed by atoms with Crippen molar-refractivity contribution in [3.63, 3.8) is 0 Å². The smallest absolute Gasteiger partial charge is 1.00 e. The molecule has 0 N–H and O–H groups in total. The molecule has 2 aliphatic rings. The summed E-state index contributed by atoms with van der Waals surface area (Å²) < 4.78 is 2.31. The largest absolute Gasteiger partial charge is 1.00 e. The maximum atomic E-state index is 2.64. The second kappa shape index (κ2) is 14.6. The van der Waals surface area contributed by atoms with Crippen LogP contribution in [0.2, 0.25) is 0 Å². The molecular formula is C45H36Cl2Ti. The number of hydrogen-bond donors (Lipinski definition) is 0. The first-order chi connectivity index (χ1) is 22.7. The molecule has 0 radical (unpaired) electrons. The van der Waals surface area contributed by atoms with Crippen molar-refractivity contribution in [3.8, 4) is 22.3 Å². The van der Waals surface area contributed by atoms with Crippen LogP contribution in [0.5, 0.6) is 0 Å². The number of fused-ring (bicyclic) bond motifs is 2. The van der Waals surface area contributed by atoms with Crippen molar-refractivity contribution < 1.29 is 42.2 Å². The van der Waals surface area contributed by atoms with Crippen LogP contribution in [-0.2, 0) is 17.4 Å². The summed E-state index contributed by atoms with van der Waals surface area (Å²) in [4.78, 5) is 0. The van der Waals surface area contributed by atoms with Crippen molar-refractivity contribution in [2.24, 2.45) is 0 Å². The summed E-state index contributed by atoms with van der Waals surface area (Å²) in [6.45, 7) is 4.67. The zero-order valence-corrected chi connectivity index (χ0v) is 30.1. The van der Waals surface area contributed by atoms with Crippen LogP contribution in [0, 0.1) is 0 Å². The fourth-order valence-corrected chi connectivity index (χ4v) is 14.1. The van der Waals surface area contributed by atoms with E-state index in [1.807, 2.05) is 0 Å². The minimum absolute atomic E-state index is 0. The standard InChI is InChI=1S/2C16H13.C13H10.2ClH.Ti/c2*1-12-10-11-14-8-5-9-15(16(12)14)13-6-3-2-4-7-13;1-3-7-12(8-4-1)11-13-9-5-2-6-10-13;;;/h2*2-11H,1H3;1-10H;2*1H;/q;;;;;+2/p-2. The molecule has 0 fully saturated rings. The second-order valence-electron chi connectivity index (χ2n) is 12.5. The van der Waals surface area contributed by atoms with Crippen LogP contribution in [0.1, 0.15) is 55.7 Å². The summed E-state index contributed by atoms with van der Waals surface area (Å²) in [5.74, 6) is 0. The van der Waals surface area contributed by atoms with Gasteiger partial charge in [0.2, 0.25) is 0 Å². The normalized spacial score (nSPS) is 15.4. The van der Waals surface area contributed by atoms with Crippen molar-refractivity contribution in [3.05, 3.63) is 203 Å². The Balaban J connectivity index is 0.00000201. The molecule has 6 aromatic carbocycles. The van der Waals surface area contributed by atoms with Crippen LogP contribution in [0.15, 0.2) is 170 Å². The molecule has 3 heteroatoms. The van der Waals surface area contributed by atoms with E-state index in [1.54, 1.807) is 3.81 Å². The minimum atomic E-state index is -2.34. The molecular weight excluding hydrogens is 659 g/mol. The maximum Gasteiger partial charge on any atom is -1.00 e. The number of allylic oxidation sites excluding steroid dienone is 4. The molecule has 0 bridgehead atoms. The van der Waals surface area contributed by atoms with E-state index in [2.05, 4.69) is 184 Å². The summed E-state index contributed by atoms with van der Waals surface area (Å²) >= 11 is -2.34. The van der Waals surface area contributed by atoms with Gasteiger partial charge in [-0.25, -0.2) is 0 Å². The molecule has 234 valence electrons. The third kappa shape index (κ3) is 6.04. The molecule has 2 unspecified atom stereocenters. The Hall–Kier alpha value is -4.04. The Bertz CT molecular complexity index is 1990. The SMILES string of the molecule is CC1=C[CH]([Ti+2](=[C](c2ccccc2)c2ccccc2)[CH]2C=C(C)c3c(-c4ccccc4)cccc32)c2cccc(-c3ccccc3)c21.[Cl-].[Cl-]. The van der Waals surface area contributed by atoms with Crippen LogP contribution in [0.3, 0.4) is 0 Å². The van der Waals surface area contributed by atoms with Gasteiger partial charge in [0.05, 0.1) is 0 Å². The molecule has 0 aliphatic heterocycles. The van der Waals surface area contributed by atoms with Gasteiger partial charge >= 0.3 is 280 Å². The van der Waals surface area contributed by atoms with Gasteiger partial charge < -0.3 is 24.8 Å². The Morgan fingerprint density at radius 3 is 1.15 bits per heavy atom. The predicted molar refractivity (Wildman–Crippen MR) is 193 cm³/mol. The predicted octanol–water partition coefficient (Wildman–Crippen LogP) is 5.53. The summed E-state index contributed by atoms with van der Waals surface area (Å²) in [6.07, 6.45) is 5.28. The average Bonchev–Trinajstić information content (AvgIpc) is 3.64. The number of halogens is 2. The van der Waals surface area contributed by atoms with Gasteiger partial charge in [0.1, 0.15) is 0 Å². The summed E-state index contributed by atoms with van der Waals surface area (Å²) in [7, 11) is 0. The first kappa shape index (κ1) is 33.8. The van der Waals surface area contributed by atoms with E-state index >= 15 is 0 Å². The van der Waals surface area contributed by atoms with E-state index in [-0.39, 0.29) is 24.8 Å². The Morgan fingerprint density at radius 2 is 0.771 bits per heavy atom. The zero-order chi connectivity index (χ0) is 31.0. The van der Waals surface area contributed by atoms with Crippen molar-refractivity contribution >= 4 is 15.0 Å². The molecule has 48 heavy (non-hydrogen) atoms. The molecule has 0 aromatic heterocycles. The second-order valence-corrected chi connectivity index (χ2v) is 16.6. The van der Waals surface area contributed by atoms with Crippen LogP contribution in [0.4, 0.5) is 0 Å². The molecule has 0 spiro atoms. The first-order valence-corrected chi connectivity index (χ1v) is 18.9. The molecule has 0 saturated carbocycles. The topological polar surface area (TPSA) is 0 Å². The third-order valence-corrected chi connectivity index (χ3v) is 15.1. The van der Waals surface area contributed by atoms with E-state index in [9.17, 15) is 0 Å². The summed E-state index contributed by atoms with van der Waals surface area (Å²) in [6, 6.07) is 58.4. The van der Waals surface area contributed by atoms with Crippen molar-refractivity contribution in [1.29, 1.82) is 0 Å². The van der Waals surface area contributed by atoms with Crippen molar-refractivity contribution in [2.75, 3.05) is 0 Å². The van der Waals surface area contributed by atoms with Gasteiger partial charge in [-0.05, 0) is 0 Å². The number of rotatable bonds is 6. The van der Waals surface area contributed by atoms with E-state index in [0.717, 1.165) is 0 Å². The Kier molecular flexibility index (Phi) is 10.3. The van der Waals surface area contributed by atoms with E-state index in [1.165, 1.54) is 66.8 Å². The van der Waals surface area contributed by atoms with Gasteiger partial charge in [0.15, 0.2) is 0 Å². The molecule has 0 saturated heterocycles. The fourth-order valence-electron chi connectivity index (χ4n) is 7.83. The van der Waals surface area contributed by atoms with Crippen LogP contribution >= 0.6 is 0 Å². The summed E-state index contributed by atoms with van der Waals surface area (Å²) in [5, 5.41) is 0. The van der Waals surface area contributed by atoms with Crippen LogP contribution < -0.4 is 24.8 Å². The van der Waals surface area contributed by atoms with E-state index in [4.69, 9.17) is 0 Å². The molecule has 6 aromatic rings. The van der Waals surface area contributed by atoms with E-state index < -0.39 is 17.4 Å². The Morgan fingerprint density at radius 1 is 0.417 bits per heavy atom. The quantitative estimate of drug-likeness (QED) is 0.201. The molecule has 0 amide bonds. The van der Waals surface area contributed by atoms with Gasteiger partial charge in [0.25, 0.3) is 0 Å². The molecule has 8 rings (SSSR count). The summed E-state index contributed by atoms with van der Waals surface area (Å²) in [5.41, 5.74) is 16.7. The van der Waals surface area contributed by atoms with Crippen LogP contribution in [0.25, 0.3) is 33.4 Å². The Labute approximate surface area is 303 Å². The molecule has 2 atom stereocenters. The van der Waals surface area contributed by atoms with Crippen molar-refractivity contribution in [2.45, 2.75) is 22.3 Å². The number of hydrogen-bond acceptors (Lipinski definition) is 0. The minimum Gasteiger partial charge on any atom is -1.00 e. The monoisotopic (exact) mass is 694 g/mol. The molecule has 0 nitrogen and oxygen atoms in total. The number of benzene rings is 6. The molecule has 2 aliphatic carbocycles. The van der Waals surface area contributed by atoms with Gasteiger partial charge in [-0.1, -0.05) is 0 Å². The average molecular weight is 696 g/mol. The first-order valence-electron chi connectivity index (χ1n) is 16.3. The molecule has 0 heterocycles. The van der Waals surface area contributed by atoms with E-state index in [0.29, 0.717) is 8.45 Å². The third-order valence-electron chi connectivity index (χ3n) is 9.74. The zero-order valence-electron chi connectivity index (χ0n) is 27.1. The maximum absolute atomic E-state index is 2.64. The van der Waals surface area contributed by atoms with Gasteiger partial charge in [-0.2, -0.15) is 0 Å². The van der Waals surface area contributed by atoms with Gasteiger partial charge in [0, 0.05) is 0 Å².